The SMILES string of the molecule is CC(N)(c1ccc2ncccc2c1)c1ccccc1Br. The highest BCUT2D eigenvalue weighted by Crippen LogP contribution is 2.33. The molecule has 0 saturated carbocycles. The van der Waals surface area contributed by atoms with Crippen molar-refractivity contribution in [3.63, 3.8) is 0 Å². The van der Waals surface area contributed by atoms with Crippen LogP contribution in [-0.4, -0.2) is 4.98 Å². The predicted octanol–water partition coefficient (Wildman–Crippen LogP) is 4.22. The van der Waals surface area contributed by atoms with Gasteiger partial charge in [0.15, 0.2) is 0 Å². The Bertz CT molecular complexity index is 766. The number of hydrogen-bond acceptors (Lipinski definition) is 2. The minimum Gasteiger partial charge on any atom is -0.318 e. The van der Waals surface area contributed by atoms with Gasteiger partial charge in [-0.05, 0) is 42.3 Å². The van der Waals surface area contributed by atoms with Gasteiger partial charge in [0.05, 0.1) is 11.1 Å². The monoisotopic (exact) mass is 326 g/mol. The quantitative estimate of drug-likeness (QED) is 0.765. The Hall–Kier alpha value is -1.71. The standard InChI is InChI=1S/C17H15BrN2/c1-17(19,14-6-2-3-7-15(14)18)13-8-9-16-12(11-13)5-4-10-20-16/h2-11H,19H2,1H3. The van der Waals surface area contributed by atoms with E-state index in [0.717, 1.165) is 26.5 Å². The molecule has 1 atom stereocenters. The Balaban J connectivity index is 2.16. The molecule has 3 heteroatoms. The predicted molar refractivity (Wildman–Crippen MR) is 86.5 cm³/mol. The zero-order valence-corrected chi connectivity index (χ0v) is 12.8. The Morgan fingerprint density at radius 1 is 1.05 bits per heavy atom. The number of nitrogens with zero attached hydrogens (tertiary/aromatic N) is 1. The zero-order valence-electron chi connectivity index (χ0n) is 11.2. The van der Waals surface area contributed by atoms with E-state index in [9.17, 15) is 0 Å². The van der Waals surface area contributed by atoms with Crippen LogP contribution in [0, 0.1) is 0 Å². The number of benzene rings is 2. The lowest BCUT2D eigenvalue weighted by Gasteiger charge is -2.27. The van der Waals surface area contributed by atoms with Gasteiger partial charge in [-0.1, -0.05) is 46.3 Å². The van der Waals surface area contributed by atoms with Crippen molar-refractivity contribution >= 4 is 26.8 Å². The summed E-state index contributed by atoms with van der Waals surface area (Å²) < 4.78 is 1.02. The number of pyridine rings is 1. The van der Waals surface area contributed by atoms with Crippen molar-refractivity contribution in [2.75, 3.05) is 0 Å². The van der Waals surface area contributed by atoms with Crippen molar-refractivity contribution < 1.29 is 0 Å². The summed E-state index contributed by atoms with van der Waals surface area (Å²) in [5.74, 6) is 0. The van der Waals surface area contributed by atoms with E-state index >= 15 is 0 Å². The molecule has 0 aliphatic heterocycles. The second-order valence-corrected chi connectivity index (χ2v) is 5.95. The van der Waals surface area contributed by atoms with Gasteiger partial charge >= 0.3 is 0 Å². The molecule has 3 rings (SSSR count). The largest absolute Gasteiger partial charge is 0.318 e. The molecule has 1 heterocycles. The van der Waals surface area contributed by atoms with E-state index in [1.807, 2.05) is 37.3 Å². The smallest absolute Gasteiger partial charge is 0.0702 e. The van der Waals surface area contributed by atoms with Crippen LogP contribution in [0.25, 0.3) is 10.9 Å². The molecule has 0 fully saturated rings. The summed E-state index contributed by atoms with van der Waals surface area (Å²) in [6.07, 6.45) is 1.80. The second-order valence-electron chi connectivity index (χ2n) is 5.09. The van der Waals surface area contributed by atoms with Gasteiger partial charge in [-0.3, -0.25) is 4.98 Å². The first kappa shape index (κ1) is 13.3. The molecule has 3 aromatic rings. The van der Waals surface area contributed by atoms with Gasteiger partial charge in [0.2, 0.25) is 0 Å². The van der Waals surface area contributed by atoms with Crippen molar-refractivity contribution in [2.24, 2.45) is 5.73 Å². The number of hydrogen-bond donors (Lipinski definition) is 1. The van der Waals surface area contributed by atoms with E-state index in [0.29, 0.717) is 0 Å². The van der Waals surface area contributed by atoms with E-state index in [4.69, 9.17) is 5.73 Å². The third kappa shape index (κ3) is 2.23. The van der Waals surface area contributed by atoms with Gasteiger partial charge in [0, 0.05) is 16.1 Å². The molecule has 2 aromatic carbocycles. The number of rotatable bonds is 2. The van der Waals surface area contributed by atoms with Crippen LogP contribution in [-0.2, 0) is 5.54 Å². The summed E-state index contributed by atoms with van der Waals surface area (Å²) in [7, 11) is 0. The van der Waals surface area contributed by atoms with Gasteiger partial charge in [-0.25, -0.2) is 0 Å². The molecule has 1 aromatic heterocycles. The first-order valence-electron chi connectivity index (χ1n) is 6.48. The van der Waals surface area contributed by atoms with Crippen LogP contribution >= 0.6 is 15.9 Å². The topological polar surface area (TPSA) is 38.9 Å². The first-order valence-corrected chi connectivity index (χ1v) is 7.27. The summed E-state index contributed by atoms with van der Waals surface area (Å²) in [5, 5.41) is 1.11. The molecule has 1 unspecified atom stereocenters. The lowest BCUT2D eigenvalue weighted by molar-refractivity contribution is 0.601. The minimum absolute atomic E-state index is 0.551. The van der Waals surface area contributed by atoms with Crippen LogP contribution in [0.1, 0.15) is 18.1 Å². The van der Waals surface area contributed by atoms with E-state index in [1.165, 1.54) is 0 Å². The van der Waals surface area contributed by atoms with Crippen molar-refractivity contribution in [3.05, 3.63) is 76.4 Å². The summed E-state index contributed by atoms with van der Waals surface area (Å²) in [6, 6.07) is 18.3. The van der Waals surface area contributed by atoms with Crippen molar-refractivity contribution in [2.45, 2.75) is 12.5 Å². The van der Waals surface area contributed by atoms with Crippen LogP contribution in [0.15, 0.2) is 65.3 Å². The maximum Gasteiger partial charge on any atom is 0.0702 e. The molecule has 0 saturated heterocycles. The number of aromatic nitrogens is 1. The highest BCUT2D eigenvalue weighted by Gasteiger charge is 2.25. The highest BCUT2D eigenvalue weighted by atomic mass is 79.9. The molecular formula is C17H15BrN2. The third-order valence-electron chi connectivity index (χ3n) is 3.64. The summed E-state index contributed by atoms with van der Waals surface area (Å²) in [4.78, 5) is 4.34. The average Bonchev–Trinajstić information content (AvgIpc) is 2.47. The highest BCUT2D eigenvalue weighted by molar-refractivity contribution is 9.10. The fourth-order valence-electron chi connectivity index (χ4n) is 2.44. The van der Waals surface area contributed by atoms with Crippen LogP contribution in [0.4, 0.5) is 0 Å². The van der Waals surface area contributed by atoms with E-state index in [-0.39, 0.29) is 0 Å². The first-order chi connectivity index (χ1) is 9.59. The molecule has 0 radical (unpaired) electrons. The Morgan fingerprint density at radius 3 is 2.65 bits per heavy atom. The Morgan fingerprint density at radius 2 is 1.85 bits per heavy atom. The Labute approximate surface area is 126 Å². The van der Waals surface area contributed by atoms with Gasteiger partial charge < -0.3 is 5.73 Å². The molecule has 20 heavy (non-hydrogen) atoms. The molecule has 0 aliphatic carbocycles. The molecular weight excluding hydrogens is 312 g/mol. The van der Waals surface area contributed by atoms with E-state index < -0.39 is 5.54 Å². The molecule has 2 N–H and O–H groups in total. The number of fused-ring (bicyclic) bond motifs is 1. The molecule has 0 spiro atoms. The van der Waals surface area contributed by atoms with E-state index in [2.05, 4.69) is 45.2 Å². The summed E-state index contributed by atoms with van der Waals surface area (Å²) >= 11 is 3.59. The third-order valence-corrected chi connectivity index (χ3v) is 4.33. The van der Waals surface area contributed by atoms with Crippen LogP contribution in [0.3, 0.4) is 0 Å². The van der Waals surface area contributed by atoms with Crippen molar-refractivity contribution in [1.29, 1.82) is 0 Å². The van der Waals surface area contributed by atoms with Crippen LogP contribution in [0.2, 0.25) is 0 Å². The fraction of sp³-hybridized carbons (Fsp3) is 0.118. The van der Waals surface area contributed by atoms with Crippen molar-refractivity contribution in [1.82, 2.24) is 4.98 Å². The lowest BCUT2D eigenvalue weighted by Crippen LogP contribution is -2.34. The van der Waals surface area contributed by atoms with Gasteiger partial charge in [-0.15, -0.1) is 0 Å². The molecule has 2 nitrogen and oxygen atoms in total. The molecule has 0 amide bonds. The summed E-state index contributed by atoms with van der Waals surface area (Å²) in [5.41, 5.74) is 9.18. The average molecular weight is 327 g/mol. The maximum absolute atomic E-state index is 6.60. The molecule has 0 bridgehead atoms. The maximum atomic E-state index is 6.60. The second kappa shape index (κ2) is 5.00. The van der Waals surface area contributed by atoms with Gasteiger partial charge in [0.25, 0.3) is 0 Å². The minimum atomic E-state index is -0.551. The van der Waals surface area contributed by atoms with Crippen LogP contribution < -0.4 is 5.73 Å². The zero-order chi connectivity index (χ0) is 14.2. The van der Waals surface area contributed by atoms with Gasteiger partial charge in [0.1, 0.15) is 0 Å². The molecule has 100 valence electrons. The van der Waals surface area contributed by atoms with E-state index in [1.54, 1.807) is 6.20 Å². The number of halogens is 1. The van der Waals surface area contributed by atoms with Gasteiger partial charge in [-0.2, -0.15) is 0 Å². The molecule has 0 aliphatic rings. The lowest BCUT2D eigenvalue weighted by atomic mass is 9.85. The van der Waals surface area contributed by atoms with Crippen LogP contribution in [0.5, 0.6) is 0 Å². The normalized spacial score (nSPS) is 14.2. The number of nitrogens with two attached hydrogens (primary N) is 1. The van der Waals surface area contributed by atoms with Crippen molar-refractivity contribution in [3.8, 4) is 0 Å². The fourth-order valence-corrected chi connectivity index (χ4v) is 3.13. The summed E-state index contributed by atoms with van der Waals surface area (Å²) in [6.45, 7) is 2.03. The Kier molecular flexibility index (Phi) is 3.32.